The van der Waals surface area contributed by atoms with E-state index in [9.17, 15) is 4.79 Å². The van der Waals surface area contributed by atoms with Crippen LogP contribution < -0.4 is 5.73 Å². The Morgan fingerprint density at radius 3 is 2.60 bits per heavy atom. The van der Waals surface area contributed by atoms with Crippen molar-refractivity contribution in [2.24, 2.45) is 5.73 Å². The van der Waals surface area contributed by atoms with Gasteiger partial charge in [-0.3, -0.25) is 9.69 Å². The van der Waals surface area contributed by atoms with Crippen molar-refractivity contribution < 1.29 is 9.90 Å². The van der Waals surface area contributed by atoms with Gasteiger partial charge in [0.25, 0.3) is 0 Å². The SMILES string of the molecule is CC(N)N1CCC1C(=O)O. The molecule has 1 saturated heterocycles. The lowest BCUT2D eigenvalue weighted by Crippen LogP contribution is -2.58. The van der Waals surface area contributed by atoms with E-state index in [0.717, 1.165) is 13.0 Å². The molecule has 0 radical (unpaired) electrons. The molecule has 0 aromatic rings. The summed E-state index contributed by atoms with van der Waals surface area (Å²) in [5.41, 5.74) is 5.49. The van der Waals surface area contributed by atoms with Gasteiger partial charge in [0.15, 0.2) is 0 Å². The Kier molecular flexibility index (Phi) is 1.92. The second-order valence-corrected chi connectivity index (χ2v) is 2.62. The molecule has 0 saturated carbocycles. The summed E-state index contributed by atoms with van der Waals surface area (Å²) in [6, 6.07) is -0.333. The van der Waals surface area contributed by atoms with Gasteiger partial charge in [-0.25, -0.2) is 0 Å². The summed E-state index contributed by atoms with van der Waals surface area (Å²) in [6.07, 6.45) is 0.603. The Morgan fingerprint density at radius 1 is 1.90 bits per heavy atom. The van der Waals surface area contributed by atoms with Gasteiger partial charge in [0.1, 0.15) is 6.04 Å². The molecule has 1 aliphatic rings. The fourth-order valence-corrected chi connectivity index (χ4v) is 1.16. The monoisotopic (exact) mass is 144 g/mol. The van der Waals surface area contributed by atoms with E-state index in [4.69, 9.17) is 10.8 Å². The zero-order valence-corrected chi connectivity index (χ0v) is 5.95. The number of likely N-dealkylation sites (tertiary alicyclic amines) is 1. The van der Waals surface area contributed by atoms with E-state index in [-0.39, 0.29) is 12.2 Å². The molecule has 0 aromatic carbocycles. The highest BCUT2D eigenvalue weighted by molar-refractivity contribution is 5.74. The molecular formula is C6H12N2O2. The largest absolute Gasteiger partial charge is 0.480 e. The normalized spacial score (nSPS) is 29.2. The first-order valence-corrected chi connectivity index (χ1v) is 3.37. The maximum atomic E-state index is 10.4. The highest BCUT2D eigenvalue weighted by atomic mass is 16.4. The third kappa shape index (κ3) is 1.12. The summed E-state index contributed by atoms with van der Waals surface area (Å²) < 4.78 is 0. The van der Waals surface area contributed by atoms with Crippen LogP contribution in [0.15, 0.2) is 0 Å². The lowest BCUT2D eigenvalue weighted by Gasteiger charge is -2.40. The fourth-order valence-electron chi connectivity index (χ4n) is 1.16. The number of hydrogen-bond donors (Lipinski definition) is 2. The third-order valence-corrected chi connectivity index (χ3v) is 1.87. The van der Waals surface area contributed by atoms with Crippen molar-refractivity contribution in [3.05, 3.63) is 0 Å². The smallest absolute Gasteiger partial charge is 0.321 e. The molecule has 1 rings (SSSR count). The van der Waals surface area contributed by atoms with Gasteiger partial charge >= 0.3 is 5.97 Å². The Hall–Kier alpha value is -0.610. The van der Waals surface area contributed by atoms with Crippen LogP contribution in [-0.4, -0.2) is 34.7 Å². The second-order valence-electron chi connectivity index (χ2n) is 2.62. The minimum Gasteiger partial charge on any atom is -0.480 e. The van der Waals surface area contributed by atoms with Gasteiger partial charge in [-0.2, -0.15) is 0 Å². The lowest BCUT2D eigenvalue weighted by atomic mass is 10.0. The summed E-state index contributed by atoms with van der Waals surface area (Å²) in [5, 5.41) is 8.56. The number of nitrogens with zero attached hydrogens (tertiary/aromatic N) is 1. The molecule has 0 amide bonds. The Morgan fingerprint density at radius 2 is 2.50 bits per heavy atom. The molecule has 0 spiro atoms. The topological polar surface area (TPSA) is 66.6 Å². The van der Waals surface area contributed by atoms with Crippen molar-refractivity contribution in [2.75, 3.05) is 6.54 Å². The molecule has 3 N–H and O–H groups in total. The van der Waals surface area contributed by atoms with Crippen molar-refractivity contribution in [1.29, 1.82) is 0 Å². The molecule has 0 aliphatic carbocycles. The zero-order valence-electron chi connectivity index (χ0n) is 5.95. The first kappa shape index (κ1) is 7.50. The van der Waals surface area contributed by atoms with Gasteiger partial charge in [0, 0.05) is 6.54 Å². The van der Waals surface area contributed by atoms with Crippen LogP contribution in [-0.2, 0) is 4.79 Å². The van der Waals surface area contributed by atoms with E-state index in [1.807, 2.05) is 0 Å². The minimum absolute atomic E-state index is 0.130. The first-order chi connectivity index (χ1) is 4.63. The standard InChI is InChI=1S/C6H12N2O2/c1-4(7)8-3-2-5(8)6(9)10/h4-5H,2-3,7H2,1H3,(H,9,10). The summed E-state index contributed by atoms with van der Waals surface area (Å²) in [4.78, 5) is 12.2. The van der Waals surface area contributed by atoms with E-state index in [2.05, 4.69) is 0 Å². The van der Waals surface area contributed by atoms with Crippen molar-refractivity contribution >= 4 is 5.97 Å². The Bertz CT molecular complexity index is 147. The van der Waals surface area contributed by atoms with Crippen LogP contribution in [0.4, 0.5) is 0 Å². The molecular weight excluding hydrogens is 132 g/mol. The summed E-state index contributed by atoms with van der Waals surface area (Å²) in [7, 11) is 0. The van der Waals surface area contributed by atoms with Crippen molar-refractivity contribution in [1.82, 2.24) is 4.90 Å². The van der Waals surface area contributed by atoms with Crippen LogP contribution >= 0.6 is 0 Å². The van der Waals surface area contributed by atoms with Gasteiger partial charge in [0.2, 0.25) is 0 Å². The van der Waals surface area contributed by atoms with Crippen molar-refractivity contribution in [2.45, 2.75) is 25.6 Å². The van der Waals surface area contributed by atoms with Gasteiger partial charge < -0.3 is 10.8 Å². The third-order valence-electron chi connectivity index (χ3n) is 1.87. The van der Waals surface area contributed by atoms with Crippen LogP contribution in [0.1, 0.15) is 13.3 Å². The Balaban J connectivity index is 2.43. The number of carboxylic acids is 1. The average Bonchev–Trinajstić information content (AvgIpc) is 1.56. The number of hydrogen-bond acceptors (Lipinski definition) is 3. The van der Waals surface area contributed by atoms with Gasteiger partial charge in [-0.15, -0.1) is 0 Å². The van der Waals surface area contributed by atoms with Crippen LogP contribution in [0.3, 0.4) is 0 Å². The fraction of sp³-hybridized carbons (Fsp3) is 0.833. The molecule has 0 bridgehead atoms. The van der Waals surface area contributed by atoms with Crippen LogP contribution in [0.25, 0.3) is 0 Å². The predicted molar refractivity (Wildman–Crippen MR) is 36.4 cm³/mol. The molecule has 10 heavy (non-hydrogen) atoms. The van der Waals surface area contributed by atoms with E-state index in [1.165, 1.54) is 0 Å². The average molecular weight is 144 g/mol. The highest BCUT2D eigenvalue weighted by Crippen LogP contribution is 2.18. The summed E-state index contributed by atoms with van der Waals surface area (Å²) >= 11 is 0. The lowest BCUT2D eigenvalue weighted by molar-refractivity contribution is -0.149. The van der Waals surface area contributed by atoms with Crippen LogP contribution in [0.5, 0.6) is 0 Å². The first-order valence-electron chi connectivity index (χ1n) is 3.37. The number of carboxylic acid groups (broad SMARTS) is 1. The van der Waals surface area contributed by atoms with Crippen LogP contribution in [0.2, 0.25) is 0 Å². The minimum atomic E-state index is -0.761. The molecule has 4 nitrogen and oxygen atoms in total. The molecule has 1 fully saturated rings. The number of carbonyl (C=O) groups is 1. The highest BCUT2D eigenvalue weighted by Gasteiger charge is 2.35. The second kappa shape index (κ2) is 2.56. The van der Waals surface area contributed by atoms with E-state index in [1.54, 1.807) is 11.8 Å². The van der Waals surface area contributed by atoms with Crippen molar-refractivity contribution in [3.8, 4) is 0 Å². The number of aliphatic carboxylic acids is 1. The quantitative estimate of drug-likeness (QED) is 0.545. The summed E-state index contributed by atoms with van der Waals surface area (Å²) in [6.45, 7) is 2.61. The van der Waals surface area contributed by atoms with Gasteiger partial charge in [0.05, 0.1) is 6.17 Å². The number of nitrogens with two attached hydrogens (primary N) is 1. The Labute approximate surface area is 59.6 Å². The van der Waals surface area contributed by atoms with Crippen molar-refractivity contribution in [3.63, 3.8) is 0 Å². The van der Waals surface area contributed by atoms with E-state index >= 15 is 0 Å². The number of rotatable bonds is 2. The molecule has 4 heteroatoms. The molecule has 2 unspecified atom stereocenters. The molecule has 0 aromatic heterocycles. The van der Waals surface area contributed by atoms with E-state index < -0.39 is 5.97 Å². The van der Waals surface area contributed by atoms with Crippen LogP contribution in [0, 0.1) is 0 Å². The van der Waals surface area contributed by atoms with Gasteiger partial charge in [-0.05, 0) is 13.3 Å². The molecule has 1 aliphatic heterocycles. The predicted octanol–water partition coefficient (Wildman–Crippen LogP) is -0.550. The maximum absolute atomic E-state index is 10.4. The summed E-state index contributed by atoms with van der Waals surface area (Å²) in [5.74, 6) is -0.761. The van der Waals surface area contributed by atoms with E-state index in [0.29, 0.717) is 0 Å². The maximum Gasteiger partial charge on any atom is 0.321 e. The van der Waals surface area contributed by atoms with Gasteiger partial charge in [-0.1, -0.05) is 0 Å². The molecule has 58 valence electrons. The zero-order chi connectivity index (χ0) is 7.72. The molecule has 2 atom stereocenters. The molecule has 1 heterocycles.